The van der Waals surface area contributed by atoms with E-state index in [2.05, 4.69) is 5.10 Å². The molecule has 0 radical (unpaired) electrons. The lowest BCUT2D eigenvalue weighted by molar-refractivity contribution is -0.141. The molecule has 1 N–H and O–H groups in total. The zero-order valence-corrected chi connectivity index (χ0v) is 10.1. The van der Waals surface area contributed by atoms with Crippen LogP contribution in [0.1, 0.15) is 19.0 Å². The summed E-state index contributed by atoms with van der Waals surface area (Å²) in [7, 11) is 1.88. The Hall–Kier alpha value is -1.84. The summed E-state index contributed by atoms with van der Waals surface area (Å²) in [6.07, 6.45) is 1.12. The molecule has 0 spiro atoms. The number of carboxylic acid groups (broad SMARTS) is 1. The molecule has 4 heteroatoms. The van der Waals surface area contributed by atoms with Crippen molar-refractivity contribution in [2.75, 3.05) is 0 Å². The summed E-state index contributed by atoms with van der Waals surface area (Å²) in [5, 5.41) is 14.5. The lowest BCUT2D eigenvalue weighted by Crippen LogP contribution is -2.15. The van der Waals surface area contributed by atoms with Crippen molar-refractivity contribution < 1.29 is 9.90 Å². The summed E-state index contributed by atoms with van der Waals surface area (Å²) in [5.74, 6) is -1.10. The first-order chi connectivity index (χ1) is 8.13. The minimum atomic E-state index is -0.748. The molecule has 0 aliphatic heterocycles. The van der Waals surface area contributed by atoms with E-state index in [1.54, 1.807) is 4.68 Å². The van der Waals surface area contributed by atoms with Gasteiger partial charge in [-0.3, -0.25) is 9.48 Å². The highest BCUT2D eigenvalue weighted by Gasteiger charge is 2.19. The second-order valence-corrected chi connectivity index (χ2v) is 4.23. The highest BCUT2D eigenvalue weighted by Crippen LogP contribution is 2.21. The van der Waals surface area contributed by atoms with Crippen LogP contribution >= 0.6 is 0 Å². The summed E-state index contributed by atoms with van der Waals surface area (Å²) in [6.45, 7) is 1.89. The highest BCUT2D eigenvalue weighted by molar-refractivity contribution is 5.82. The standard InChI is InChI=1S/C13H16N2O2/c1-3-9(13(16)17)8-11-10-6-4-5-7-12(10)15(2)14-11/h4-7,9H,3,8H2,1-2H3,(H,16,17). The number of hydrogen-bond acceptors (Lipinski definition) is 2. The molecular weight excluding hydrogens is 216 g/mol. The number of nitrogens with zero attached hydrogens (tertiary/aromatic N) is 2. The molecule has 0 saturated carbocycles. The number of rotatable bonds is 4. The van der Waals surface area contributed by atoms with Crippen molar-refractivity contribution in [1.29, 1.82) is 0 Å². The second kappa shape index (κ2) is 4.57. The lowest BCUT2D eigenvalue weighted by Gasteiger charge is -2.07. The number of benzene rings is 1. The molecule has 90 valence electrons. The molecule has 0 aliphatic rings. The van der Waals surface area contributed by atoms with Gasteiger partial charge >= 0.3 is 5.97 Å². The Bertz CT molecular complexity index is 545. The van der Waals surface area contributed by atoms with Gasteiger partial charge in [0.05, 0.1) is 17.1 Å². The molecule has 0 fully saturated rings. The minimum Gasteiger partial charge on any atom is -0.481 e. The number of aryl methyl sites for hydroxylation is 1. The number of carbonyl (C=O) groups is 1. The molecule has 0 amide bonds. The third kappa shape index (κ3) is 2.16. The van der Waals surface area contributed by atoms with Crippen molar-refractivity contribution in [3.8, 4) is 0 Å². The first-order valence-corrected chi connectivity index (χ1v) is 5.77. The van der Waals surface area contributed by atoms with Crippen LogP contribution in [0.5, 0.6) is 0 Å². The smallest absolute Gasteiger partial charge is 0.306 e. The van der Waals surface area contributed by atoms with Gasteiger partial charge < -0.3 is 5.11 Å². The SMILES string of the molecule is CCC(Cc1nn(C)c2ccccc12)C(=O)O. The quantitative estimate of drug-likeness (QED) is 0.879. The molecule has 1 aromatic heterocycles. The van der Waals surface area contributed by atoms with E-state index < -0.39 is 5.97 Å². The zero-order chi connectivity index (χ0) is 12.4. The van der Waals surface area contributed by atoms with E-state index in [-0.39, 0.29) is 5.92 Å². The van der Waals surface area contributed by atoms with Crippen LogP contribution in [0.2, 0.25) is 0 Å². The number of para-hydroxylation sites is 1. The molecule has 2 aromatic rings. The van der Waals surface area contributed by atoms with Crippen molar-refractivity contribution in [1.82, 2.24) is 9.78 Å². The van der Waals surface area contributed by atoms with E-state index >= 15 is 0 Å². The Morgan fingerprint density at radius 3 is 2.82 bits per heavy atom. The molecule has 2 rings (SSSR count). The average Bonchev–Trinajstić information content (AvgIpc) is 2.63. The summed E-state index contributed by atoms with van der Waals surface area (Å²) >= 11 is 0. The van der Waals surface area contributed by atoms with Gasteiger partial charge in [-0.15, -0.1) is 0 Å². The van der Waals surface area contributed by atoms with Crippen molar-refractivity contribution in [2.45, 2.75) is 19.8 Å². The first kappa shape index (κ1) is 11.6. The molecule has 0 aliphatic carbocycles. The molecule has 1 atom stereocenters. The monoisotopic (exact) mass is 232 g/mol. The van der Waals surface area contributed by atoms with Crippen LogP contribution in [-0.2, 0) is 18.3 Å². The van der Waals surface area contributed by atoms with Crippen LogP contribution in [-0.4, -0.2) is 20.9 Å². The Balaban J connectivity index is 2.39. The normalized spacial score (nSPS) is 12.8. The van der Waals surface area contributed by atoms with Gasteiger partial charge in [-0.1, -0.05) is 25.1 Å². The summed E-state index contributed by atoms with van der Waals surface area (Å²) in [4.78, 5) is 11.0. The molecular formula is C13H16N2O2. The van der Waals surface area contributed by atoms with E-state index in [0.29, 0.717) is 12.8 Å². The Morgan fingerprint density at radius 1 is 1.47 bits per heavy atom. The maximum Gasteiger partial charge on any atom is 0.306 e. The number of hydrogen-bond donors (Lipinski definition) is 1. The predicted molar refractivity (Wildman–Crippen MR) is 65.8 cm³/mol. The number of carboxylic acids is 1. The Labute approximate surface area is 99.9 Å². The molecule has 1 aromatic carbocycles. The summed E-state index contributed by atoms with van der Waals surface area (Å²) in [5.41, 5.74) is 1.92. The molecule has 17 heavy (non-hydrogen) atoms. The largest absolute Gasteiger partial charge is 0.481 e. The zero-order valence-electron chi connectivity index (χ0n) is 10.1. The predicted octanol–water partition coefficient (Wildman–Crippen LogP) is 2.23. The van der Waals surface area contributed by atoms with Gasteiger partial charge in [-0.05, 0) is 12.5 Å². The molecule has 0 bridgehead atoms. The van der Waals surface area contributed by atoms with E-state index in [4.69, 9.17) is 5.11 Å². The molecule has 4 nitrogen and oxygen atoms in total. The fraction of sp³-hybridized carbons (Fsp3) is 0.385. The van der Waals surface area contributed by atoms with Crippen molar-refractivity contribution in [3.05, 3.63) is 30.0 Å². The third-order valence-electron chi connectivity index (χ3n) is 3.12. The van der Waals surface area contributed by atoms with Crippen LogP contribution in [0.3, 0.4) is 0 Å². The number of aliphatic carboxylic acids is 1. The number of fused-ring (bicyclic) bond motifs is 1. The molecule has 1 unspecified atom stereocenters. The van der Waals surface area contributed by atoms with Crippen molar-refractivity contribution in [3.63, 3.8) is 0 Å². The highest BCUT2D eigenvalue weighted by atomic mass is 16.4. The van der Waals surface area contributed by atoms with Gasteiger partial charge in [0.2, 0.25) is 0 Å². The summed E-state index contributed by atoms with van der Waals surface area (Å²) < 4.78 is 1.80. The van der Waals surface area contributed by atoms with Crippen LogP contribution < -0.4 is 0 Å². The van der Waals surface area contributed by atoms with Gasteiger partial charge in [-0.25, -0.2) is 0 Å². The average molecular weight is 232 g/mol. The van der Waals surface area contributed by atoms with Gasteiger partial charge in [0, 0.05) is 18.9 Å². The van der Waals surface area contributed by atoms with Gasteiger partial charge in [-0.2, -0.15) is 5.10 Å². The van der Waals surface area contributed by atoms with E-state index in [1.165, 1.54) is 0 Å². The van der Waals surface area contributed by atoms with Gasteiger partial charge in [0.1, 0.15) is 0 Å². The van der Waals surface area contributed by atoms with E-state index in [1.807, 2.05) is 38.2 Å². The van der Waals surface area contributed by atoms with Crippen LogP contribution in [0.25, 0.3) is 10.9 Å². The van der Waals surface area contributed by atoms with Crippen molar-refractivity contribution >= 4 is 16.9 Å². The van der Waals surface area contributed by atoms with Gasteiger partial charge in [0.15, 0.2) is 0 Å². The Kier molecular flexibility index (Phi) is 3.13. The number of aromatic nitrogens is 2. The van der Waals surface area contributed by atoms with Crippen LogP contribution in [0, 0.1) is 5.92 Å². The minimum absolute atomic E-state index is 0.353. The fourth-order valence-corrected chi connectivity index (χ4v) is 2.08. The van der Waals surface area contributed by atoms with Crippen LogP contribution in [0.4, 0.5) is 0 Å². The third-order valence-corrected chi connectivity index (χ3v) is 3.12. The van der Waals surface area contributed by atoms with E-state index in [9.17, 15) is 4.79 Å². The van der Waals surface area contributed by atoms with Crippen LogP contribution in [0.15, 0.2) is 24.3 Å². The second-order valence-electron chi connectivity index (χ2n) is 4.23. The Morgan fingerprint density at radius 2 is 2.18 bits per heavy atom. The maximum absolute atomic E-state index is 11.0. The maximum atomic E-state index is 11.0. The lowest BCUT2D eigenvalue weighted by atomic mass is 9.99. The summed E-state index contributed by atoms with van der Waals surface area (Å²) in [6, 6.07) is 7.90. The molecule has 1 heterocycles. The fourth-order valence-electron chi connectivity index (χ4n) is 2.08. The molecule has 0 saturated heterocycles. The first-order valence-electron chi connectivity index (χ1n) is 5.77. The topological polar surface area (TPSA) is 55.1 Å². The van der Waals surface area contributed by atoms with Crippen molar-refractivity contribution in [2.24, 2.45) is 13.0 Å². The van der Waals surface area contributed by atoms with E-state index in [0.717, 1.165) is 16.6 Å². The van der Waals surface area contributed by atoms with Gasteiger partial charge in [0.25, 0.3) is 0 Å².